The summed E-state index contributed by atoms with van der Waals surface area (Å²) in [4.78, 5) is 0. The highest BCUT2D eigenvalue weighted by Gasteiger charge is 2.20. The van der Waals surface area contributed by atoms with Crippen LogP contribution in [0.25, 0.3) is 0 Å². The monoisotopic (exact) mass is 331 g/mol. The van der Waals surface area contributed by atoms with Crippen molar-refractivity contribution in [1.82, 2.24) is 9.78 Å². The lowest BCUT2D eigenvalue weighted by Gasteiger charge is -2.16. The highest BCUT2D eigenvalue weighted by atomic mass is 79.9. The average molecular weight is 333 g/mol. The van der Waals surface area contributed by atoms with Crippen LogP contribution in [0, 0.1) is 5.82 Å². The van der Waals surface area contributed by atoms with Crippen LogP contribution in [0.4, 0.5) is 4.39 Å². The van der Waals surface area contributed by atoms with E-state index >= 15 is 0 Å². The first-order valence-corrected chi connectivity index (χ1v) is 6.63. The molecule has 0 saturated heterocycles. The fourth-order valence-corrected chi connectivity index (χ4v) is 2.69. The third kappa shape index (κ3) is 2.43. The molecule has 0 fully saturated rings. The Bertz CT molecular complexity index is 570. The van der Waals surface area contributed by atoms with Gasteiger partial charge in [-0.3, -0.25) is 4.68 Å². The molecule has 0 aliphatic carbocycles. The van der Waals surface area contributed by atoms with Crippen LogP contribution >= 0.6 is 27.5 Å². The smallest absolute Gasteiger partial charge is 0.124 e. The molecule has 1 atom stereocenters. The van der Waals surface area contributed by atoms with Crippen LogP contribution in [0.1, 0.15) is 24.2 Å². The van der Waals surface area contributed by atoms with Crippen LogP contribution in [0.15, 0.2) is 28.9 Å². The quantitative estimate of drug-likeness (QED) is 0.935. The second kappa shape index (κ2) is 5.38. The topological polar surface area (TPSA) is 43.8 Å². The summed E-state index contributed by atoms with van der Waals surface area (Å²) in [7, 11) is 0. The van der Waals surface area contributed by atoms with Gasteiger partial charge in [-0.1, -0.05) is 33.6 Å². The summed E-state index contributed by atoms with van der Waals surface area (Å²) in [6, 6.07) is 3.96. The summed E-state index contributed by atoms with van der Waals surface area (Å²) in [5.74, 6) is -0.312. The number of aromatic nitrogens is 2. The zero-order valence-electron chi connectivity index (χ0n) is 9.70. The summed E-state index contributed by atoms with van der Waals surface area (Å²) in [6.07, 6.45) is 1.57. The van der Waals surface area contributed by atoms with E-state index in [1.54, 1.807) is 16.9 Å². The molecule has 2 rings (SSSR count). The van der Waals surface area contributed by atoms with Crippen molar-refractivity contribution in [2.45, 2.75) is 19.5 Å². The summed E-state index contributed by atoms with van der Waals surface area (Å²) >= 11 is 9.41. The zero-order chi connectivity index (χ0) is 13.3. The largest absolute Gasteiger partial charge is 0.319 e. The standard InChI is InChI=1S/C12H12BrClFN3/c1-2-18-12(10(14)6-17-18)11(16)8-4-3-7(15)5-9(8)13/h3-6,11H,2,16H2,1H3. The van der Waals surface area contributed by atoms with Crippen LogP contribution in [0.5, 0.6) is 0 Å². The summed E-state index contributed by atoms with van der Waals surface area (Å²) in [5, 5.41) is 4.66. The average Bonchev–Trinajstić information content (AvgIpc) is 2.69. The molecule has 0 spiro atoms. The van der Waals surface area contributed by atoms with E-state index in [4.69, 9.17) is 17.3 Å². The van der Waals surface area contributed by atoms with Gasteiger partial charge in [0.1, 0.15) is 5.82 Å². The molecule has 1 aromatic heterocycles. The molecule has 96 valence electrons. The number of hydrogen-bond acceptors (Lipinski definition) is 2. The van der Waals surface area contributed by atoms with Crippen LogP contribution in [0.2, 0.25) is 5.02 Å². The van der Waals surface area contributed by atoms with E-state index in [2.05, 4.69) is 21.0 Å². The fraction of sp³-hybridized carbons (Fsp3) is 0.250. The second-order valence-electron chi connectivity index (χ2n) is 3.84. The van der Waals surface area contributed by atoms with Gasteiger partial charge in [0, 0.05) is 11.0 Å². The van der Waals surface area contributed by atoms with Crippen molar-refractivity contribution in [2.24, 2.45) is 5.73 Å². The van der Waals surface area contributed by atoms with Gasteiger partial charge in [-0.25, -0.2) is 4.39 Å². The van der Waals surface area contributed by atoms with Crippen molar-refractivity contribution in [3.05, 3.63) is 51.0 Å². The van der Waals surface area contributed by atoms with E-state index in [1.165, 1.54) is 12.1 Å². The molecule has 1 aromatic carbocycles. The molecule has 18 heavy (non-hydrogen) atoms. The molecule has 2 aromatic rings. The third-order valence-electron chi connectivity index (χ3n) is 2.72. The molecule has 1 heterocycles. The number of nitrogens with zero attached hydrogens (tertiary/aromatic N) is 2. The van der Waals surface area contributed by atoms with Crippen molar-refractivity contribution in [3.8, 4) is 0 Å². The van der Waals surface area contributed by atoms with E-state index in [9.17, 15) is 4.39 Å². The van der Waals surface area contributed by atoms with Crippen molar-refractivity contribution in [1.29, 1.82) is 0 Å². The maximum atomic E-state index is 13.1. The lowest BCUT2D eigenvalue weighted by Crippen LogP contribution is -2.18. The van der Waals surface area contributed by atoms with E-state index in [0.717, 1.165) is 11.3 Å². The van der Waals surface area contributed by atoms with Crippen LogP contribution < -0.4 is 5.73 Å². The molecule has 3 nitrogen and oxygen atoms in total. The van der Waals surface area contributed by atoms with Crippen LogP contribution in [-0.2, 0) is 6.54 Å². The Morgan fingerprint density at radius 2 is 2.28 bits per heavy atom. The minimum absolute atomic E-state index is 0.312. The molecular formula is C12H12BrClFN3. The summed E-state index contributed by atoms with van der Waals surface area (Å²) in [5.41, 5.74) is 7.69. The number of rotatable bonds is 3. The predicted octanol–water partition coefficient (Wildman–Crippen LogP) is 3.51. The Hall–Kier alpha value is -0.910. The Kier molecular flexibility index (Phi) is 4.04. The number of hydrogen-bond donors (Lipinski definition) is 1. The first kappa shape index (κ1) is 13.5. The number of benzene rings is 1. The van der Waals surface area contributed by atoms with Gasteiger partial charge in [0.15, 0.2) is 0 Å². The molecule has 2 N–H and O–H groups in total. The highest BCUT2D eigenvalue weighted by molar-refractivity contribution is 9.10. The molecule has 6 heteroatoms. The molecule has 0 aliphatic heterocycles. The van der Waals surface area contributed by atoms with Crippen molar-refractivity contribution >= 4 is 27.5 Å². The third-order valence-corrected chi connectivity index (χ3v) is 3.70. The van der Waals surface area contributed by atoms with Gasteiger partial charge in [-0.15, -0.1) is 0 Å². The highest BCUT2D eigenvalue weighted by Crippen LogP contribution is 2.31. The van der Waals surface area contributed by atoms with E-state index < -0.39 is 6.04 Å². The maximum Gasteiger partial charge on any atom is 0.124 e. The van der Waals surface area contributed by atoms with Gasteiger partial charge in [0.2, 0.25) is 0 Å². The number of nitrogens with two attached hydrogens (primary N) is 1. The van der Waals surface area contributed by atoms with E-state index in [-0.39, 0.29) is 5.82 Å². The Labute approximate surface area is 118 Å². The zero-order valence-corrected chi connectivity index (χ0v) is 12.0. The van der Waals surface area contributed by atoms with E-state index in [1.807, 2.05) is 6.92 Å². The Morgan fingerprint density at radius 3 is 2.89 bits per heavy atom. The predicted molar refractivity (Wildman–Crippen MR) is 73.0 cm³/mol. The minimum Gasteiger partial charge on any atom is -0.319 e. The SMILES string of the molecule is CCn1ncc(Cl)c1C(N)c1ccc(F)cc1Br. The molecule has 0 bridgehead atoms. The molecule has 0 aliphatic rings. The molecule has 0 radical (unpaired) electrons. The van der Waals surface area contributed by atoms with Gasteiger partial charge in [-0.2, -0.15) is 5.10 Å². The maximum absolute atomic E-state index is 13.1. The molecule has 0 amide bonds. The normalized spacial score (nSPS) is 12.7. The van der Waals surface area contributed by atoms with Gasteiger partial charge in [0.05, 0.1) is 23.0 Å². The Balaban J connectivity index is 2.47. The van der Waals surface area contributed by atoms with Crippen LogP contribution in [-0.4, -0.2) is 9.78 Å². The summed E-state index contributed by atoms with van der Waals surface area (Å²) < 4.78 is 15.4. The van der Waals surface area contributed by atoms with Gasteiger partial charge in [0.25, 0.3) is 0 Å². The second-order valence-corrected chi connectivity index (χ2v) is 5.10. The lowest BCUT2D eigenvalue weighted by atomic mass is 10.0. The molecular weight excluding hydrogens is 321 g/mol. The Morgan fingerprint density at radius 1 is 1.56 bits per heavy atom. The fourth-order valence-electron chi connectivity index (χ4n) is 1.83. The van der Waals surface area contributed by atoms with Crippen LogP contribution in [0.3, 0.4) is 0 Å². The van der Waals surface area contributed by atoms with Crippen molar-refractivity contribution in [3.63, 3.8) is 0 Å². The number of halogens is 3. The van der Waals surface area contributed by atoms with Gasteiger partial charge < -0.3 is 5.73 Å². The van der Waals surface area contributed by atoms with Crippen molar-refractivity contribution < 1.29 is 4.39 Å². The first-order chi connectivity index (χ1) is 8.54. The first-order valence-electron chi connectivity index (χ1n) is 5.46. The molecule has 0 saturated carbocycles. The van der Waals surface area contributed by atoms with Gasteiger partial charge in [-0.05, 0) is 24.6 Å². The van der Waals surface area contributed by atoms with E-state index in [0.29, 0.717) is 16.0 Å². The number of aryl methyl sites for hydroxylation is 1. The summed E-state index contributed by atoms with van der Waals surface area (Å²) in [6.45, 7) is 2.63. The lowest BCUT2D eigenvalue weighted by molar-refractivity contribution is 0.597. The minimum atomic E-state index is -0.449. The molecule has 1 unspecified atom stereocenters. The van der Waals surface area contributed by atoms with Gasteiger partial charge >= 0.3 is 0 Å². The van der Waals surface area contributed by atoms with Crippen molar-refractivity contribution in [2.75, 3.05) is 0 Å².